The molecule has 8 aromatic rings. The maximum atomic E-state index is 6.98. The van der Waals surface area contributed by atoms with Gasteiger partial charge < -0.3 is 0 Å². The number of benzene rings is 6. The van der Waals surface area contributed by atoms with Gasteiger partial charge in [-0.3, -0.25) is 0 Å². The van der Waals surface area contributed by atoms with Crippen molar-refractivity contribution < 1.29 is 24.1 Å². The van der Waals surface area contributed by atoms with E-state index >= 15 is 0 Å². The van der Waals surface area contributed by atoms with E-state index in [2.05, 4.69) is 241 Å². The SMILES string of the molecule is CC(C)(C)c1cc(Oc2ccc3c(c2)N(c2cc(C(C)(C)C)ccn2)CCC3)cc(-n2[c](=[Pt])n(-c3c(-c4ccccc4)cc(C(C)(C)C)cc3-c3ccccc3)c3ccccc32)c1. The second-order valence-electron chi connectivity index (χ2n) is 20.1. The fourth-order valence-electron chi connectivity index (χ4n) is 8.78. The molecule has 1 aliphatic rings. The molecule has 0 saturated heterocycles. The van der Waals surface area contributed by atoms with Crippen molar-refractivity contribution in [1.82, 2.24) is 14.1 Å². The summed E-state index contributed by atoms with van der Waals surface area (Å²) in [7, 11) is 0. The van der Waals surface area contributed by atoms with Crippen LogP contribution in [-0.4, -0.2) is 20.7 Å². The first-order chi connectivity index (χ1) is 30.0. The molecule has 0 unspecified atom stereocenters. The first-order valence-corrected chi connectivity index (χ1v) is 23.4. The van der Waals surface area contributed by atoms with Gasteiger partial charge in [0.1, 0.15) is 0 Å². The summed E-state index contributed by atoms with van der Waals surface area (Å²) in [5.74, 6) is 2.60. The summed E-state index contributed by atoms with van der Waals surface area (Å²) in [6.07, 6.45) is 4.06. The summed E-state index contributed by atoms with van der Waals surface area (Å²) >= 11 is 2.55. The zero-order valence-electron chi connectivity index (χ0n) is 38.1. The Bertz CT molecular complexity index is 2970. The fourth-order valence-corrected chi connectivity index (χ4v) is 9.88. The van der Waals surface area contributed by atoms with Crippen LogP contribution in [0.4, 0.5) is 11.5 Å². The molecule has 0 spiro atoms. The van der Waals surface area contributed by atoms with Crippen molar-refractivity contribution in [1.29, 1.82) is 0 Å². The van der Waals surface area contributed by atoms with E-state index in [0.29, 0.717) is 0 Å². The average Bonchev–Trinajstić information content (AvgIpc) is 3.56. The third-order valence-corrected chi connectivity index (χ3v) is 13.4. The summed E-state index contributed by atoms with van der Waals surface area (Å²) < 4.78 is 12.9. The molecule has 6 heteroatoms. The van der Waals surface area contributed by atoms with Crippen molar-refractivity contribution in [2.45, 2.75) is 91.4 Å². The van der Waals surface area contributed by atoms with Gasteiger partial charge in [-0.15, -0.1) is 0 Å². The number of fused-ring (bicyclic) bond motifs is 2. The molecule has 0 saturated carbocycles. The number of pyridine rings is 1. The molecule has 2 aromatic heterocycles. The number of para-hydroxylation sites is 2. The molecule has 3 heterocycles. The molecule has 5 nitrogen and oxygen atoms in total. The second kappa shape index (κ2) is 16.4. The van der Waals surface area contributed by atoms with Crippen LogP contribution in [0.2, 0.25) is 0 Å². The quantitative estimate of drug-likeness (QED) is 0.160. The zero-order chi connectivity index (χ0) is 44.3. The van der Waals surface area contributed by atoms with Gasteiger partial charge in [0, 0.05) is 6.20 Å². The van der Waals surface area contributed by atoms with E-state index in [-0.39, 0.29) is 16.2 Å². The second-order valence-corrected chi connectivity index (χ2v) is 21.1. The van der Waals surface area contributed by atoms with Crippen LogP contribution in [0.1, 0.15) is 91.0 Å². The Morgan fingerprint density at radius 3 is 1.71 bits per heavy atom. The van der Waals surface area contributed by atoms with E-state index in [4.69, 9.17) is 9.72 Å². The van der Waals surface area contributed by atoms with Crippen LogP contribution in [0, 0.1) is 3.80 Å². The Morgan fingerprint density at radius 2 is 1.11 bits per heavy atom. The standard InChI is InChI=1S/C57H58N4O.Pt/c1-55(2,3)42-28-29-58-53(35-42)59-30-18-23-41-26-27-46(37-52(41)59)62-47-32-43(56(4,5)6)31-45(36-47)60-38-61(51-25-17-16-24-50(51)60)54-48(39-19-12-10-13-20-39)33-44(57(7,8)9)34-49(54)40-21-14-11-15-22-40;/h10-17,19-22,24-29,31-37H,18,23,30H2,1-9H3;. The number of anilines is 2. The van der Waals surface area contributed by atoms with Gasteiger partial charge in [-0.05, 0) is 17.0 Å². The molecule has 9 rings (SSSR count). The van der Waals surface area contributed by atoms with E-state index in [1.807, 2.05) is 6.20 Å². The number of ether oxygens (including phenoxy) is 1. The van der Waals surface area contributed by atoms with Crippen LogP contribution in [0.25, 0.3) is 44.7 Å². The molecule has 0 atom stereocenters. The maximum absolute atomic E-state index is 6.98. The Morgan fingerprint density at radius 1 is 0.540 bits per heavy atom. The number of rotatable bonds is 7. The van der Waals surface area contributed by atoms with Gasteiger partial charge in [-0.2, -0.15) is 0 Å². The third-order valence-electron chi connectivity index (χ3n) is 12.4. The van der Waals surface area contributed by atoms with Gasteiger partial charge in [0.05, 0.1) is 0 Å². The molecule has 0 N–H and O–H groups in total. The fraction of sp³-hybridized carbons (Fsp3) is 0.263. The van der Waals surface area contributed by atoms with Crippen LogP contribution in [-0.2, 0) is 42.0 Å². The predicted molar refractivity (Wildman–Crippen MR) is 259 cm³/mol. The first-order valence-electron chi connectivity index (χ1n) is 22.2. The molecular formula is C57H58N4OPt. The Balaban J connectivity index is 1.22. The van der Waals surface area contributed by atoms with E-state index in [1.165, 1.54) is 44.5 Å². The molecule has 0 radical (unpaired) electrons. The van der Waals surface area contributed by atoms with Gasteiger partial charge in [-0.1, -0.05) is 20.8 Å². The number of hydrogen-bond donors (Lipinski definition) is 0. The van der Waals surface area contributed by atoms with E-state index in [9.17, 15) is 0 Å². The van der Waals surface area contributed by atoms with E-state index in [1.54, 1.807) is 0 Å². The van der Waals surface area contributed by atoms with Crippen LogP contribution in [0.15, 0.2) is 152 Å². The van der Waals surface area contributed by atoms with E-state index < -0.39 is 0 Å². The summed E-state index contributed by atoms with van der Waals surface area (Å²) in [5.41, 5.74) is 15.3. The van der Waals surface area contributed by atoms with Gasteiger partial charge in [0.25, 0.3) is 0 Å². The molecule has 0 aliphatic carbocycles. The third kappa shape index (κ3) is 8.41. The summed E-state index contributed by atoms with van der Waals surface area (Å²) in [4.78, 5) is 7.24. The van der Waals surface area contributed by atoms with Crippen molar-refractivity contribution in [2.75, 3.05) is 11.4 Å². The number of hydrogen-bond acceptors (Lipinski definition) is 3. The Kier molecular flexibility index (Phi) is 11.1. The average molecular weight is 1010 g/mol. The number of imidazole rings is 1. The van der Waals surface area contributed by atoms with Crippen molar-refractivity contribution in [3.8, 4) is 45.1 Å². The molecule has 0 amide bonds. The van der Waals surface area contributed by atoms with Gasteiger partial charge in [0.2, 0.25) is 0 Å². The van der Waals surface area contributed by atoms with Crippen molar-refractivity contribution in [3.05, 3.63) is 178 Å². The molecule has 63 heavy (non-hydrogen) atoms. The van der Waals surface area contributed by atoms with Crippen molar-refractivity contribution in [2.24, 2.45) is 0 Å². The molecule has 1 aliphatic heterocycles. The molecule has 0 fully saturated rings. The molecule has 6 aromatic carbocycles. The minimum atomic E-state index is -0.140. The summed E-state index contributed by atoms with van der Waals surface area (Å²) in [5, 5.41) is 0. The zero-order valence-corrected chi connectivity index (χ0v) is 40.3. The van der Waals surface area contributed by atoms with E-state index in [0.717, 1.165) is 68.6 Å². The number of nitrogens with zero attached hydrogens (tertiary/aromatic N) is 4. The van der Waals surface area contributed by atoms with Crippen LogP contribution >= 0.6 is 0 Å². The molecule has 0 bridgehead atoms. The Labute approximate surface area is 384 Å². The summed E-state index contributed by atoms with van der Waals surface area (Å²) in [6.45, 7) is 21.4. The number of aromatic nitrogens is 3. The van der Waals surface area contributed by atoms with Gasteiger partial charge in [0.15, 0.2) is 0 Å². The van der Waals surface area contributed by atoms with Crippen molar-refractivity contribution in [3.63, 3.8) is 0 Å². The van der Waals surface area contributed by atoms with Crippen molar-refractivity contribution >= 4 is 22.5 Å². The summed E-state index contributed by atoms with van der Waals surface area (Å²) in [6, 6.07) is 53.1. The van der Waals surface area contributed by atoms with Crippen LogP contribution in [0.5, 0.6) is 11.5 Å². The first kappa shape index (κ1) is 42.5. The topological polar surface area (TPSA) is 35.2 Å². The minimum absolute atomic E-state index is 0.0322. The van der Waals surface area contributed by atoms with Gasteiger partial charge >= 0.3 is 343 Å². The Hall–Kier alpha value is -5.77. The van der Waals surface area contributed by atoms with Gasteiger partial charge in [-0.25, -0.2) is 0 Å². The molecule has 322 valence electrons. The predicted octanol–water partition coefficient (Wildman–Crippen LogP) is 15.0. The van der Waals surface area contributed by atoms with Crippen LogP contribution in [0.3, 0.4) is 0 Å². The monoisotopic (exact) mass is 1010 g/mol. The molecular weight excluding hydrogens is 952 g/mol. The normalized spacial score (nSPS) is 13.3. The number of aryl methyl sites for hydroxylation is 1. The van der Waals surface area contributed by atoms with Crippen LogP contribution < -0.4 is 9.64 Å².